The van der Waals surface area contributed by atoms with Gasteiger partial charge in [-0.05, 0) is 6.92 Å². The molecule has 0 aliphatic heterocycles. The van der Waals surface area contributed by atoms with Crippen LogP contribution in [0.25, 0.3) is 0 Å². The Morgan fingerprint density at radius 3 is 1.45 bits per heavy atom. The minimum absolute atomic E-state index is 0.176. The summed E-state index contributed by atoms with van der Waals surface area (Å²) in [4.78, 5) is 9.60. The van der Waals surface area contributed by atoms with Gasteiger partial charge in [0.25, 0.3) is 0 Å². The normalized spacial score (nSPS) is 15.0. The molecule has 0 radical (unpaired) electrons. The van der Waals surface area contributed by atoms with Gasteiger partial charge in [-0.15, -0.1) is 0 Å². The van der Waals surface area contributed by atoms with Crippen LogP contribution in [0.4, 0.5) is 0 Å². The predicted octanol–water partition coefficient (Wildman–Crippen LogP) is 2.60. The van der Waals surface area contributed by atoms with Crippen molar-refractivity contribution in [3.8, 4) is 0 Å². The van der Waals surface area contributed by atoms with Crippen molar-refractivity contribution >= 4 is 5.97 Å². The minimum Gasteiger partial charge on any atom is -0.478 e. The summed E-state index contributed by atoms with van der Waals surface area (Å²) >= 11 is 0. The van der Waals surface area contributed by atoms with Gasteiger partial charge in [-0.2, -0.15) is 0 Å². The van der Waals surface area contributed by atoms with Crippen LogP contribution in [0.15, 0.2) is 12.2 Å². The molecule has 0 spiro atoms. The lowest BCUT2D eigenvalue weighted by Crippen LogP contribution is -1.92. The smallest absolute Gasteiger partial charge is 0.330 e. The molecule has 1 saturated carbocycles. The van der Waals surface area contributed by atoms with E-state index in [1.54, 1.807) is 0 Å². The van der Waals surface area contributed by atoms with Crippen LogP contribution in [-0.2, 0) is 4.79 Å². The van der Waals surface area contributed by atoms with Crippen molar-refractivity contribution in [1.82, 2.24) is 0 Å². The molecule has 1 rings (SSSR count). The molecule has 0 heterocycles. The van der Waals surface area contributed by atoms with E-state index in [2.05, 4.69) is 6.58 Å². The van der Waals surface area contributed by atoms with Crippen LogP contribution < -0.4 is 0 Å². The Labute approximate surface area is 67.9 Å². The number of hydrogen-bond acceptors (Lipinski definition) is 1. The van der Waals surface area contributed by atoms with Crippen molar-refractivity contribution < 1.29 is 9.90 Å². The topological polar surface area (TPSA) is 37.3 Å². The second-order valence-electron chi connectivity index (χ2n) is 2.85. The quantitative estimate of drug-likeness (QED) is 0.592. The van der Waals surface area contributed by atoms with Crippen LogP contribution >= 0.6 is 0 Å². The lowest BCUT2D eigenvalue weighted by Gasteiger charge is -1.79. The summed E-state index contributed by atoms with van der Waals surface area (Å²) in [6.07, 6.45) is 7.50. The molecule has 0 aromatic rings. The van der Waals surface area contributed by atoms with Crippen LogP contribution in [0.1, 0.15) is 39.0 Å². The van der Waals surface area contributed by atoms with Crippen molar-refractivity contribution in [2.24, 2.45) is 0 Å². The first kappa shape index (κ1) is 10.2. The summed E-state index contributed by atoms with van der Waals surface area (Å²) in [5.74, 6) is -0.935. The molecule has 0 aromatic heterocycles. The summed E-state index contributed by atoms with van der Waals surface area (Å²) in [5, 5.41) is 7.89. The van der Waals surface area contributed by atoms with Gasteiger partial charge in [0.2, 0.25) is 0 Å². The highest BCUT2D eigenvalue weighted by atomic mass is 16.4. The third kappa shape index (κ3) is 7.10. The highest BCUT2D eigenvalue weighted by molar-refractivity contribution is 5.84. The zero-order valence-electron chi connectivity index (χ0n) is 7.10. The van der Waals surface area contributed by atoms with E-state index >= 15 is 0 Å². The van der Waals surface area contributed by atoms with Gasteiger partial charge in [-0.25, -0.2) is 4.79 Å². The Bertz CT molecular complexity index is 115. The monoisotopic (exact) mass is 156 g/mol. The Morgan fingerprint density at radius 1 is 1.18 bits per heavy atom. The maximum Gasteiger partial charge on any atom is 0.330 e. The molecule has 1 fully saturated rings. The largest absolute Gasteiger partial charge is 0.478 e. The highest BCUT2D eigenvalue weighted by Crippen LogP contribution is 2.15. The van der Waals surface area contributed by atoms with Gasteiger partial charge in [0.1, 0.15) is 0 Å². The Morgan fingerprint density at radius 2 is 1.36 bits per heavy atom. The first-order chi connectivity index (χ1) is 5.14. The van der Waals surface area contributed by atoms with Gasteiger partial charge >= 0.3 is 5.97 Å². The van der Waals surface area contributed by atoms with E-state index in [0.717, 1.165) is 0 Å². The zero-order chi connectivity index (χ0) is 8.69. The van der Waals surface area contributed by atoms with E-state index in [0.29, 0.717) is 0 Å². The maximum absolute atomic E-state index is 9.60. The molecule has 1 aliphatic carbocycles. The van der Waals surface area contributed by atoms with Crippen molar-refractivity contribution in [3.63, 3.8) is 0 Å². The number of carbonyl (C=O) groups is 1. The standard InChI is InChI=1S/C5H10.C4H6O2/c1-2-4-5-3-1;1-3(2)4(5)6/h1-5H2;1H2,2H3,(H,5,6). The van der Waals surface area contributed by atoms with Crippen LogP contribution in [0.3, 0.4) is 0 Å². The highest BCUT2D eigenvalue weighted by Gasteiger charge is 1.95. The Kier molecular flexibility index (Phi) is 5.53. The predicted molar refractivity (Wildman–Crippen MR) is 45.5 cm³/mol. The van der Waals surface area contributed by atoms with E-state index in [9.17, 15) is 4.79 Å². The first-order valence-corrected chi connectivity index (χ1v) is 4.03. The van der Waals surface area contributed by atoms with Gasteiger partial charge in [0.05, 0.1) is 0 Å². The molecule has 0 saturated heterocycles. The molecule has 2 nitrogen and oxygen atoms in total. The third-order valence-electron chi connectivity index (χ3n) is 1.62. The van der Waals surface area contributed by atoms with Gasteiger partial charge in [-0.1, -0.05) is 38.7 Å². The van der Waals surface area contributed by atoms with Crippen molar-refractivity contribution in [3.05, 3.63) is 12.2 Å². The fourth-order valence-electron chi connectivity index (χ4n) is 0.884. The van der Waals surface area contributed by atoms with E-state index in [1.807, 2.05) is 0 Å². The van der Waals surface area contributed by atoms with E-state index < -0.39 is 5.97 Å². The molecule has 0 unspecified atom stereocenters. The fraction of sp³-hybridized carbons (Fsp3) is 0.667. The molecule has 0 amide bonds. The summed E-state index contributed by atoms with van der Waals surface area (Å²) in [7, 11) is 0. The van der Waals surface area contributed by atoms with Gasteiger partial charge in [0, 0.05) is 5.57 Å². The second kappa shape index (κ2) is 5.96. The average Bonchev–Trinajstić information content (AvgIpc) is 2.41. The molecular formula is C9H16O2. The van der Waals surface area contributed by atoms with Crippen LogP contribution in [0.2, 0.25) is 0 Å². The Hall–Kier alpha value is -0.790. The summed E-state index contributed by atoms with van der Waals surface area (Å²) < 4.78 is 0. The Balaban J connectivity index is 0.000000183. The zero-order valence-corrected chi connectivity index (χ0v) is 7.10. The summed E-state index contributed by atoms with van der Waals surface area (Å²) in [5.41, 5.74) is 0.176. The van der Waals surface area contributed by atoms with E-state index in [4.69, 9.17) is 5.11 Å². The minimum atomic E-state index is -0.935. The lowest BCUT2D eigenvalue weighted by atomic mass is 10.4. The molecule has 11 heavy (non-hydrogen) atoms. The molecule has 0 aromatic carbocycles. The number of carboxylic acids is 1. The van der Waals surface area contributed by atoms with Gasteiger partial charge in [-0.3, -0.25) is 0 Å². The van der Waals surface area contributed by atoms with Crippen molar-refractivity contribution in [1.29, 1.82) is 0 Å². The molecule has 1 N–H and O–H groups in total. The molecule has 1 aliphatic rings. The van der Waals surface area contributed by atoms with Crippen LogP contribution in [-0.4, -0.2) is 11.1 Å². The summed E-state index contributed by atoms with van der Waals surface area (Å²) in [6, 6.07) is 0. The van der Waals surface area contributed by atoms with E-state index in [1.165, 1.54) is 39.0 Å². The van der Waals surface area contributed by atoms with Crippen molar-refractivity contribution in [2.75, 3.05) is 0 Å². The van der Waals surface area contributed by atoms with Gasteiger partial charge in [0.15, 0.2) is 0 Å². The van der Waals surface area contributed by atoms with Crippen LogP contribution in [0.5, 0.6) is 0 Å². The van der Waals surface area contributed by atoms with E-state index in [-0.39, 0.29) is 5.57 Å². The average molecular weight is 156 g/mol. The molecule has 0 bridgehead atoms. The van der Waals surface area contributed by atoms with Crippen molar-refractivity contribution in [2.45, 2.75) is 39.0 Å². The SMILES string of the molecule is C1CCCC1.C=C(C)C(=O)O. The molecule has 2 heteroatoms. The molecular weight excluding hydrogens is 140 g/mol. The summed E-state index contributed by atoms with van der Waals surface area (Å²) in [6.45, 7) is 4.60. The molecule has 0 atom stereocenters. The second-order valence-corrected chi connectivity index (χ2v) is 2.85. The van der Waals surface area contributed by atoms with Crippen LogP contribution in [0, 0.1) is 0 Å². The number of rotatable bonds is 1. The number of aliphatic carboxylic acids is 1. The maximum atomic E-state index is 9.60. The van der Waals surface area contributed by atoms with Gasteiger partial charge < -0.3 is 5.11 Å². The third-order valence-corrected chi connectivity index (χ3v) is 1.62. The first-order valence-electron chi connectivity index (χ1n) is 4.03. The lowest BCUT2D eigenvalue weighted by molar-refractivity contribution is -0.132. The fourth-order valence-corrected chi connectivity index (χ4v) is 0.884. The molecule has 64 valence electrons. The number of hydrogen-bond donors (Lipinski definition) is 1. The number of carboxylic acid groups (broad SMARTS) is 1.